The van der Waals surface area contributed by atoms with E-state index in [2.05, 4.69) is 26.9 Å². The van der Waals surface area contributed by atoms with Crippen LogP contribution in [0.5, 0.6) is 0 Å². The van der Waals surface area contributed by atoms with Crippen molar-refractivity contribution in [1.82, 2.24) is 4.90 Å². The number of Topliss-reactive ketones (excluding diaryl/α,β-unsaturated/α-hetero) is 1. The van der Waals surface area contributed by atoms with Gasteiger partial charge in [-0.1, -0.05) is 47.0 Å². The number of ketones is 1. The zero-order valence-electron chi connectivity index (χ0n) is 11.9. The summed E-state index contributed by atoms with van der Waals surface area (Å²) in [6, 6.07) is 8.11. The van der Waals surface area contributed by atoms with E-state index in [-0.39, 0.29) is 5.54 Å². The molecule has 1 heterocycles. The predicted octanol–water partition coefficient (Wildman–Crippen LogP) is 3.97. The van der Waals surface area contributed by atoms with E-state index in [0.717, 1.165) is 36.0 Å². The van der Waals surface area contributed by atoms with E-state index >= 15 is 0 Å². The number of hydrogen-bond acceptors (Lipinski definition) is 2. The second-order valence-electron chi connectivity index (χ2n) is 6.12. The molecule has 0 atom stereocenters. The van der Waals surface area contributed by atoms with Gasteiger partial charge >= 0.3 is 0 Å². The topological polar surface area (TPSA) is 20.3 Å². The molecule has 3 rings (SSSR count). The molecule has 1 aliphatic carbocycles. The minimum absolute atomic E-state index is 0.147. The first kappa shape index (κ1) is 14.3. The Morgan fingerprint density at radius 1 is 1.10 bits per heavy atom. The highest BCUT2D eigenvalue weighted by Crippen LogP contribution is 2.39. The number of rotatable bonds is 4. The monoisotopic (exact) mass is 335 g/mol. The van der Waals surface area contributed by atoms with Gasteiger partial charge in [-0.25, -0.2) is 0 Å². The predicted molar refractivity (Wildman–Crippen MR) is 84.9 cm³/mol. The van der Waals surface area contributed by atoms with Crippen molar-refractivity contribution in [1.29, 1.82) is 0 Å². The number of likely N-dealkylation sites (tertiary alicyclic amines) is 1. The molecular formula is C17H22BrNO. The smallest absolute Gasteiger partial charge is 0.157 e. The molecule has 1 saturated heterocycles. The lowest BCUT2D eigenvalue weighted by atomic mass is 9.86. The molecule has 0 radical (unpaired) electrons. The second kappa shape index (κ2) is 5.98. The molecule has 1 aliphatic heterocycles. The maximum atomic E-state index is 13.0. The van der Waals surface area contributed by atoms with Crippen LogP contribution in [0.4, 0.5) is 0 Å². The van der Waals surface area contributed by atoms with Gasteiger partial charge in [0.15, 0.2) is 5.78 Å². The molecule has 3 heteroatoms. The maximum Gasteiger partial charge on any atom is 0.157 e. The Labute approximate surface area is 129 Å². The van der Waals surface area contributed by atoms with Gasteiger partial charge in [-0.2, -0.15) is 0 Å². The van der Waals surface area contributed by atoms with Crippen molar-refractivity contribution in [2.45, 2.75) is 50.5 Å². The SMILES string of the molecule is O=C(Cc1ccccc1Br)C1(N2CCCC2)CCCC1. The van der Waals surface area contributed by atoms with Crippen molar-refractivity contribution in [2.24, 2.45) is 0 Å². The largest absolute Gasteiger partial charge is 0.297 e. The highest BCUT2D eigenvalue weighted by molar-refractivity contribution is 9.10. The van der Waals surface area contributed by atoms with Crippen molar-refractivity contribution in [3.63, 3.8) is 0 Å². The summed E-state index contributed by atoms with van der Waals surface area (Å²) in [6.07, 6.45) is 7.62. The summed E-state index contributed by atoms with van der Waals surface area (Å²) >= 11 is 3.57. The van der Waals surface area contributed by atoms with Gasteiger partial charge in [0.1, 0.15) is 0 Å². The van der Waals surface area contributed by atoms with E-state index in [0.29, 0.717) is 12.2 Å². The molecule has 0 unspecified atom stereocenters. The third kappa shape index (κ3) is 2.58. The van der Waals surface area contributed by atoms with Crippen molar-refractivity contribution in [3.8, 4) is 0 Å². The number of carbonyl (C=O) groups excluding carboxylic acids is 1. The van der Waals surface area contributed by atoms with Crippen molar-refractivity contribution in [2.75, 3.05) is 13.1 Å². The van der Waals surface area contributed by atoms with Crippen LogP contribution in [0.3, 0.4) is 0 Å². The lowest BCUT2D eigenvalue weighted by molar-refractivity contribution is -0.129. The van der Waals surface area contributed by atoms with Gasteiger partial charge < -0.3 is 0 Å². The molecule has 2 fully saturated rings. The van der Waals surface area contributed by atoms with Crippen LogP contribution in [0.1, 0.15) is 44.1 Å². The van der Waals surface area contributed by atoms with Crippen LogP contribution in [0.25, 0.3) is 0 Å². The Morgan fingerprint density at radius 2 is 1.75 bits per heavy atom. The van der Waals surface area contributed by atoms with Crippen LogP contribution >= 0.6 is 15.9 Å². The summed E-state index contributed by atoms with van der Waals surface area (Å²) in [5.74, 6) is 0.434. The van der Waals surface area contributed by atoms with E-state index in [4.69, 9.17) is 0 Å². The Balaban J connectivity index is 1.81. The summed E-state index contributed by atoms with van der Waals surface area (Å²) in [5.41, 5.74) is 0.981. The Morgan fingerprint density at radius 3 is 2.40 bits per heavy atom. The lowest BCUT2D eigenvalue weighted by Gasteiger charge is -2.37. The molecule has 0 bridgehead atoms. The first-order chi connectivity index (χ1) is 9.72. The first-order valence-electron chi connectivity index (χ1n) is 7.74. The molecule has 1 aromatic rings. The summed E-state index contributed by atoms with van der Waals surface area (Å²) in [4.78, 5) is 15.5. The third-order valence-corrected chi connectivity index (χ3v) is 5.74. The zero-order chi connectivity index (χ0) is 14.0. The number of nitrogens with zero attached hydrogens (tertiary/aromatic N) is 1. The molecule has 0 N–H and O–H groups in total. The fourth-order valence-electron chi connectivity index (χ4n) is 3.86. The molecule has 1 aromatic carbocycles. The van der Waals surface area contributed by atoms with E-state index in [1.165, 1.54) is 25.7 Å². The van der Waals surface area contributed by atoms with Crippen LogP contribution in [0.15, 0.2) is 28.7 Å². The first-order valence-corrected chi connectivity index (χ1v) is 8.53. The molecule has 1 saturated carbocycles. The van der Waals surface area contributed by atoms with Crippen molar-refractivity contribution >= 4 is 21.7 Å². The van der Waals surface area contributed by atoms with Crippen LogP contribution in [-0.2, 0) is 11.2 Å². The van der Waals surface area contributed by atoms with Gasteiger partial charge in [-0.15, -0.1) is 0 Å². The van der Waals surface area contributed by atoms with Gasteiger partial charge in [0.2, 0.25) is 0 Å². The van der Waals surface area contributed by atoms with E-state index < -0.39 is 0 Å². The van der Waals surface area contributed by atoms with Crippen LogP contribution in [-0.4, -0.2) is 29.3 Å². The summed E-state index contributed by atoms with van der Waals surface area (Å²) in [6.45, 7) is 2.23. The number of carbonyl (C=O) groups is 1. The third-order valence-electron chi connectivity index (χ3n) is 4.97. The maximum absolute atomic E-state index is 13.0. The standard InChI is InChI=1S/C17H22BrNO/c18-15-8-2-1-7-14(15)13-16(20)17(9-3-4-10-17)19-11-5-6-12-19/h1-2,7-8H,3-6,9-13H2. The van der Waals surface area contributed by atoms with Crippen molar-refractivity contribution < 1.29 is 4.79 Å². The minimum atomic E-state index is -0.147. The van der Waals surface area contributed by atoms with Crippen molar-refractivity contribution in [3.05, 3.63) is 34.3 Å². The quantitative estimate of drug-likeness (QED) is 0.829. The minimum Gasteiger partial charge on any atom is -0.297 e. The number of halogens is 1. The van der Waals surface area contributed by atoms with Crippen LogP contribution in [0, 0.1) is 0 Å². The number of benzene rings is 1. The van der Waals surface area contributed by atoms with Gasteiger partial charge in [0.05, 0.1) is 5.54 Å². The fraction of sp³-hybridized carbons (Fsp3) is 0.588. The second-order valence-corrected chi connectivity index (χ2v) is 6.98. The number of hydrogen-bond donors (Lipinski definition) is 0. The normalized spacial score (nSPS) is 22.2. The van der Waals surface area contributed by atoms with Crippen LogP contribution in [0.2, 0.25) is 0 Å². The van der Waals surface area contributed by atoms with Crippen LogP contribution < -0.4 is 0 Å². The molecule has 2 aliphatic rings. The fourth-order valence-corrected chi connectivity index (χ4v) is 4.28. The molecule has 108 valence electrons. The summed E-state index contributed by atoms with van der Waals surface area (Å²) in [7, 11) is 0. The Hall–Kier alpha value is -0.670. The average Bonchev–Trinajstić information content (AvgIpc) is 3.12. The highest BCUT2D eigenvalue weighted by Gasteiger charge is 2.46. The van der Waals surface area contributed by atoms with Gasteiger partial charge in [-0.05, 0) is 50.4 Å². The van der Waals surface area contributed by atoms with Gasteiger partial charge in [0, 0.05) is 10.9 Å². The Bertz CT molecular complexity index is 488. The summed E-state index contributed by atoms with van der Waals surface area (Å²) < 4.78 is 1.06. The van der Waals surface area contributed by atoms with Gasteiger partial charge in [-0.3, -0.25) is 9.69 Å². The Kier molecular flexibility index (Phi) is 4.27. The molecule has 0 aromatic heterocycles. The zero-order valence-corrected chi connectivity index (χ0v) is 13.5. The van der Waals surface area contributed by atoms with E-state index in [1.54, 1.807) is 0 Å². The lowest BCUT2D eigenvalue weighted by Crippen LogP contribution is -2.52. The highest BCUT2D eigenvalue weighted by atomic mass is 79.9. The molecule has 20 heavy (non-hydrogen) atoms. The van der Waals surface area contributed by atoms with E-state index in [9.17, 15) is 4.79 Å². The molecule has 0 spiro atoms. The average molecular weight is 336 g/mol. The van der Waals surface area contributed by atoms with E-state index in [1.807, 2.05) is 18.2 Å². The molecule has 0 amide bonds. The molecule has 2 nitrogen and oxygen atoms in total. The van der Waals surface area contributed by atoms with Gasteiger partial charge in [0.25, 0.3) is 0 Å². The summed E-state index contributed by atoms with van der Waals surface area (Å²) in [5, 5.41) is 0. The molecular weight excluding hydrogens is 314 g/mol.